The van der Waals surface area contributed by atoms with E-state index >= 15 is 0 Å². The first-order valence-corrected chi connectivity index (χ1v) is 10.8. The van der Waals surface area contributed by atoms with Gasteiger partial charge in [-0.1, -0.05) is 24.3 Å². The van der Waals surface area contributed by atoms with Gasteiger partial charge < -0.3 is 4.90 Å². The van der Waals surface area contributed by atoms with Crippen molar-refractivity contribution in [2.45, 2.75) is 24.0 Å². The summed E-state index contributed by atoms with van der Waals surface area (Å²) < 4.78 is 27.0. The van der Waals surface area contributed by atoms with Crippen LogP contribution in [-0.2, 0) is 14.8 Å². The number of amides is 1. The van der Waals surface area contributed by atoms with Crippen molar-refractivity contribution in [1.82, 2.24) is 4.31 Å². The highest BCUT2D eigenvalue weighted by molar-refractivity contribution is 7.91. The normalized spacial score (nSPS) is 16.7. The molecule has 1 aromatic carbocycles. The Morgan fingerprint density at radius 1 is 1.16 bits per heavy atom. The summed E-state index contributed by atoms with van der Waals surface area (Å²) in [5, 5.41) is 1.77. The van der Waals surface area contributed by atoms with E-state index in [1.165, 1.54) is 15.6 Å². The van der Waals surface area contributed by atoms with E-state index in [1.807, 2.05) is 37.3 Å². The Hall–Kier alpha value is -1.70. The lowest BCUT2D eigenvalue weighted by atomic mass is 9.96. The number of sulfonamides is 1. The molecule has 0 unspecified atom stereocenters. The Labute approximate surface area is 152 Å². The summed E-state index contributed by atoms with van der Waals surface area (Å²) in [4.78, 5) is 14.7. The first kappa shape index (κ1) is 18.1. The number of nitrogens with zero attached hydrogens (tertiary/aromatic N) is 2. The fourth-order valence-electron chi connectivity index (χ4n) is 3.17. The molecule has 5 nitrogen and oxygen atoms in total. The number of benzene rings is 1. The van der Waals surface area contributed by atoms with Crippen LogP contribution >= 0.6 is 11.3 Å². The van der Waals surface area contributed by atoms with Gasteiger partial charge in [0.2, 0.25) is 5.91 Å². The number of carbonyl (C=O) groups excluding carboxylic acids is 1. The highest BCUT2D eigenvalue weighted by atomic mass is 32.2. The van der Waals surface area contributed by atoms with Crippen molar-refractivity contribution in [2.75, 3.05) is 24.5 Å². The van der Waals surface area contributed by atoms with Crippen molar-refractivity contribution >= 4 is 33.0 Å². The summed E-state index contributed by atoms with van der Waals surface area (Å²) in [5.74, 6) is -0.0446. The summed E-state index contributed by atoms with van der Waals surface area (Å²) in [6.07, 6.45) is 1.12. The number of hydrogen-bond acceptors (Lipinski definition) is 4. The highest BCUT2D eigenvalue weighted by Gasteiger charge is 2.34. The molecule has 1 saturated heterocycles. The second-order valence-electron chi connectivity index (χ2n) is 6.03. The van der Waals surface area contributed by atoms with Gasteiger partial charge in [-0.25, -0.2) is 8.42 Å². The summed E-state index contributed by atoms with van der Waals surface area (Å²) >= 11 is 1.23. The third-order valence-electron chi connectivity index (χ3n) is 4.54. The number of thiophene rings is 1. The van der Waals surface area contributed by atoms with Crippen molar-refractivity contribution in [3.8, 4) is 0 Å². The average Bonchev–Trinajstić information content (AvgIpc) is 3.19. The van der Waals surface area contributed by atoms with Gasteiger partial charge in [-0.2, -0.15) is 4.31 Å². The monoisotopic (exact) mass is 378 g/mol. The van der Waals surface area contributed by atoms with Gasteiger partial charge in [-0.05, 0) is 43.3 Å². The zero-order chi connectivity index (χ0) is 17.9. The lowest BCUT2D eigenvalue weighted by Crippen LogP contribution is -2.44. The van der Waals surface area contributed by atoms with E-state index in [-0.39, 0.29) is 11.8 Å². The van der Waals surface area contributed by atoms with Gasteiger partial charge in [0.05, 0.1) is 0 Å². The van der Waals surface area contributed by atoms with Crippen molar-refractivity contribution in [3.05, 3.63) is 47.8 Å². The van der Waals surface area contributed by atoms with E-state index in [1.54, 1.807) is 22.4 Å². The van der Waals surface area contributed by atoms with Gasteiger partial charge >= 0.3 is 0 Å². The Kier molecular flexibility index (Phi) is 5.56. The lowest BCUT2D eigenvalue weighted by molar-refractivity contribution is -0.123. The maximum atomic E-state index is 12.9. The van der Waals surface area contributed by atoms with Crippen molar-refractivity contribution in [2.24, 2.45) is 5.92 Å². The first-order chi connectivity index (χ1) is 12.0. The highest BCUT2D eigenvalue weighted by Crippen LogP contribution is 2.28. The Morgan fingerprint density at radius 3 is 2.40 bits per heavy atom. The molecule has 0 spiro atoms. The summed E-state index contributed by atoms with van der Waals surface area (Å²) in [6, 6.07) is 13.0. The van der Waals surface area contributed by atoms with Gasteiger partial charge in [-0.15, -0.1) is 11.3 Å². The largest absolute Gasteiger partial charge is 0.312 e. The second kappa shape index (κ2) is 7.68. The Morgan fingerprint density at radius 2 is 1.84 bits per heavy atom. The smallest absolute Gasteiger partial charge is 0.252 e. The molecule has 1 aromatic heterocycles. The summed E-state index contributed by atoms with van der Waals surface area (Å²) in [7, 11) is -3.42. The van der Waals surface area contributed by atoms with Gasteiger partial charge in [0, 0.05) is 31.2 Å². The van der Waals surface area contributed by atoms with Gasteiger partial charge in [0.25, 0.3) is 10.0 Å². The molecule has 0 bridgehead atoms. The third-order valence-corrected chi connectivity index (χ3v) is 7.81. The van der Waals surface area contributed by atoms with E-state index in [0.29, 0.717) is 36.7 Å². The quantitative estimate of drug-likeness (QED) is 0.803. The standard InChI is InChI=1S/C18H22N2O3S2/c1-2-20(16-7-4-3-5-8-16)18(21)15-10-12-19(13-11-15)25(22,23)17-9-6-14-24-17/h3-9,14-15H,2,10-13H2,1H3. The number of rotatable bonds is 5. The Bertz CT molecular complexity index is 796. The number of anilines is 1. The van der Waals surface area contributed by atoms with Crippen molar-refractivity contribution in [3.63, 3.8) is 0 Å². The molecule has 0 atom stereocenters. The fourth-order valence-corrected chi connectivity index (χ4v) is 5.79. The van der Waals surface area contributed by atoms with Crippen LogP contribution in [0.25, 0.3) is 0 Å². The van der Waals surface area contributed by atoms with Gasteiger partial charge in [0.1, 0.15) is 4.21 Å². The molecule has 7 heteroatoms. The maximum Gasteiger partial charge on any atom is 0.252 e. The topological polar surface area (TPSA) is 57.7 Å². The van der Waals surface area contributed by atoms with Crippen LogP contribution in [0.5, 0.6) is 0 Å². The SMILES string of the molecule is CCN(C(=O)C1CCN(S(=O)(=O)c2cccs2)CC1)c1ccccc1. The molecule has 0 radical (unpaired) electrons. The lowest BCUT2D eigenvalue weighted by Gasteiger charge is -2.33. The predicted molar refractivity (Wildman–Crippen MR) is 100 cm³/mol. The minimum atomic E-state index is -3.42. The van der Waals surface area contributed by atoms with Gasteiger partial charge in [-0.3, -0.25) is 4.79 Å². The Balaban J connectivity index is 1.67. The first-order valence-electron chi connectivity index (χ1n) is 8.44. The van der Waals surface area contributed by atoms with Crippen LogP contribution in [0.1, 0.15) is 19.8 Å². The zero-order valence-corrected chi connectivity index (χ0v) is 15.8. The van der Waals surface area contributed by atoms with Crippen LogP contribution in [0.3, 0.4) is 0 Å². The molecular weight excluding hydrogens is 356 g/mol. The summed E-state index contributed by atoms with van der Waals surface area (Å²) in [5.41, 5.74) is 0.892. The van der Waals surface area contributed by atoms with Crippen LogP contribution in [0.15, 0.2) is 52.1 Å². The number of piperidine rings is 1. The number of hydrogen-bond donors (Lipinski definition) is 0. The van der Waals surface area contributed by atoms with E-state index < -0.39 is 10.0 Å². The molecule has 1 aliphatic rings. The van der Waals surface area contributed by atoms with E-state index in [0.717, 1.165) is 5.69 Å². The van der Waals surface area contributed by atoms with Crippen molar-refractivity contribution < 1.29 is 13.2 Å². The molecule has 0 saturated carbocycles. The predicted octanol–water partition coefficient (Wildman–Crippen LogP) is 3.20. The second-order valence-corrected chi connectivity index (χ2v) is 9.14. The van der Waals surface area contributed by atoms with Gasteiger partial charge in [0.15, 0.2) is 0 Å². The van der Waals surface area contributed by atoms with Crippen LogP contribution < -0.4 is 4.90 Å². The third kappa shape index (κ3) is 3.78. The van der Waals surface area contributed by atoms with Crippen LogP contribution in [0, 0.1) is 5.92 Å². The molecule has 1 fully saturated rings. The van der Waals surface area contributed by atoms with E-state index in [4.69, 9.17) is 0 Å². The minimum Gasteiger partial charge on any atom is -0.312 e. The molecular formula is C18H22N2O3S2. The minimum absolute atomic E-state index is 0.0851. The number of para-hydroxylation sites is 1. The zero-order valence-electron chi connectivity index (χ0n) is 14.2. The molecule has 2 heterocycles. The maximum absolute atomic E-state index is 12.9. The molecule has 1 amide bonds. The molecule has 25 heavy (non-hydrogen) atoms. The molecule has 3 rings (SSSR count). The fraction of sp³-hybridized carbons (Fsp3) is 0.389. The van der Waals surface area contributed by atoms with Crippen molar-refractivity contribution in [1.29, 1.82) is 0 Å². The van der Waals surface area contributed by atoms with E-state index in [9.17, 15) is 13.2 Å². The molecule has 0 N–H and O–H groups in total. The molecule has 0 aliphatic carbocycles. The molecule has 134 valence electrons. The van der Waals surface area contributed by atoms with Crippen LogP contribution in [0.4, 0.5) is 5.69 Å². The van der Waals surface area contributed by atoms with Crippen LogP contribution in [0.2, 0.25) is 0 Å². The average molecular weight is 379 g/mol. The molecule has 2 aromatic rings. The molecule has 1 aliphatic heterocycles. The van der Waals surface area contributed by atoms with E-state index in [2.05, 4.69) is 0 Å². The summed E-state index contributed by atoms with van der Waals surface area (Å²) in [6.45, 7) is 3.35. The van der Waals surface area contributed by atoms with Crippen LogP contribution in [-0.4, -0.2) is 38.3 Å². The number of carbonyl (C=O) groups is 1.